The number of hydrogen-bond donors (Lipinski definition) is 1. The fourth-order valence-electron chi connectivity index (χ4n) is 2.90. The van der Waals surface area contributed by atoms with Crippen molar-refractivity contribution >= 4 is 0 Å². The molecule has 21 heavy (non-hydrogen) atoms. The van der Waals surface area contributed by atoms with Crippen LogP contribution in [0.15, 0.2) is 16.9 Å². The lowest BCUT2D eigenvalue weighted by Gasteiger charge is -2.34. The number of hydrogen-bond acceptors (Lipinski definition) is 6. The van der Waals surface area contributed by atoms with E-state index in [2.05, 4.69) is 29.9 Å². The van der Waals surface area contributed by atoms with Crippen molar-refractivity contribution < 1.29 is 4.52 Å². The third-order valence-corrected chi connectivity index (χ3v) is 4.27. The number of imidazole rings is 1. The number of aromatic nitrogens is 4. The first kappa shape index (κ1) is 13.0. The highest BCUT2D eigenvalue weighted by atomic mass is 16.5. The molecule has 0 aromatic carbocycles. The van der Waals surface area contributed by atoms with Gasteiger partial charge in [-0.15, -0.1) is 0 Å². The average molecular weight is 288 g/mol. The van der Waals surface area contributed by atoms with E-state index in [1.54, 1.807) is 0 Å². The molecule has 0 radical (unpaired) electrons. The van der Waals surface area contributed by atoms with E-state index >= 15 is 0 Å². The van der Waals surface area contributed by atoms with Crippen LogP contribution in [-0.4, -0.2) is 44.2 Å². The second kappa shape index (κ2) is 5.23. The van der Waals surface area contributed by atoms with Crippen molar-refractivity contribution in [3.05, 3.63) is 29.9 Å². The topological polar surface area (TPSA) is 72.0 Å². The molecule has 1 aliphatic carbocycles. The van der Waals surface area contributed by atoms with Crippen LogP contribution < -0.4 is 5.32 Å². The van der Waals surface area contributed by atoms with E-state index in [1.165, 1.54) is 12.8 Å². The van der Waals surface area contributed by atoms with Crippen LogP contribution in [0.1, 0.15) is 42.3 Å². The Morgan fingerprint density at radius 2 is 2.33 bits per heavy atom. The van der Waals surface area contributed by atoms with Crippen LogP contribution in [0, 0.1) is 0 Å². The SMILES string of the molecule is Cn1ccnc1C1CNCCN1Cc1noc(C2CC2)n1. The van der Waals surface area contributed by atoms with Crippen molar-refractivity contribution in [1.82, 2.24) is 29.9 Å². The third-order valence-electron chi connectivity index (χ3n) is 4.27. The van der Waals surface area contributed by atoms with E-state index in [-0.39, 0.29) is 6.04 Å². The maximum absolute atomic E-state index is 5.36. The molecule has 0 amide bonds. The standard InChI is InChI=1S/C14H20N6O/c1-19-6-5-16-13(19)11-8-15-4-7-20(11)9-12-17-14(21-18-12)10-2-3-10/h5-6,10-11,15H,2-4,7-9H2,1H3. The van der Waals surface area contributed by atoms with Gasteiger partial charge in [-0.2, -0.15) is 4.98 Å². The predicted octanol–water partition coefficient (Wildman–Crippen LogP) is 0.827. The van der Waals surface area contributed by atoms with Gasteiger partial charge in [0.05, 0.1) is 12.6 Å². The van der Waals surface area contributed by atoms with Crippen LogP contribution >= 0.6 is 0 Å². The summed E-state index contributed by atoms with van der Waals surface area (Å²) in [6.07, 6.45) is 6.21. The van der Waals surface area contributed by atoms with E-state index in [9.17, 15) is 0 Å². The highest BCUT2D eigenvalue weighted by Crippen LogP contribution is 2.39. The summed E-state index contributed by atoms with van der Waals surface area (Å²) in [6, 6.07) is 0.252. The average Bonchev–Trinajstić information content (AvgIpc) is 3.10. The van der Waals surface area contributed by atoms with E-state index in [4.69, 9.17) is 4.52 Å². The Hall–Kier alpha value is -1.73. The van der Waals surface area contributed by atoms with E-state index in [1.807, 2.05) is 19.4 Å². The van der Waals surface area contributed by atoms with Crippen molar-refractivity contribution in [2.24, 2.45) is 7.05 Å². The second-order valence-electron chi connectivity index (χ2n) is 5.91. The molecule has 1 saturated carbocycles. The Balaban J connectivity index is 1.52. The monoisotopic (exact) mass is 288 g/mol. The van der Waals surface area contributed by atoms with Gasteiger partial charge < -0.3 is 14.4 Å². The van der Waals surface area contributed by atoms with Crippen LogP contribution in [-0.2, 0) is 13.6 Å². The van der Waals surface area contributed by atoms with Gasteiger partial charge in [0.25, 0.3) is 0 Å². The van der Waals surface area contributed by atoms with Gasteiger partial charge in [0.2, 0.25) is 5.89 Å². The lowest BCUT2D eigenvalue weighted by atomic mass is 10.1. The summed E-state index contributed by atoms with van der Waals surface area (Å²) in [7, 11) is 2.04. The van der Waals surface area contributed by atoms with Gasteiger partial charge in [0, 0.05) is 45.0 Å². The lowest BCUT2D eigenvalue weighted by molar-refractivity contribution is 0.139. The highest BCUT2D eigenvalue weighted by Gasteiger charge is 2.31. The molecule has 112 valence electrons. The van der Waals surface area contributed by atoms with Gasteiger partial charge in [0.15, 0.2) is 5.82 Å². The van der Waals surface area contributed by atoms with Gasteiger partial charge >= 0.3 is 0 Å². The maximum Gasteiger partial charge on any atom is 0.229 e. The lowest BCUT2D eigenvalue weighted by Crippen LogP contribution is -2.46. The highest BCUT2D eigenvalue weighted by molar-refractivity contribution is 5.05. The van der Waals surface area contributed by atoms with Crippen molar-refractivity contribution in [2.75, 3.05) is 19.6 Å². The van der Waals surface area contributed by atoms with Crippen LogP contribution in [0.2, 0.25) is 0 Å². The molecule has 1 unspecified atom stereocenters. The minimum atomic E-state index is 0.252. The molecule has 0 spiro atoms. The van der Waals surface area contributed by atoms with Crippen molar-refractivity contribution in [2.45, 2.75) is 31.3 Å². The molecule has 0 bridgehead atoms. The summed E-state index contributed by atoms with van der Waals surface area (Å²) < 4.78 is 7.44. The van der Waals surface area contributed by atoms with Crippen molar-refractivity contribution in [1.29, 1.82) is 0 Å². The Bertz CT molecular complexity index is 617. The van der Waals surface area contributed by atoms with Gasteiger partial charge in [-0.25, -0.2) is 4.98 Å². The first-order chi connectivity index (χ1) is 10.3. The van der Waals surface area contributed by atoms with E-state index in [0.717, 1.165) is 43.7 Å². The summed E-state index contributed by atoms with van der Waals surface area (Å²) in [5, 5.41) is 7.57. The van der Waals surface area contributed by atoms with E-state index in [0.29, 0.717) is 5.92 Å². The fraction of sp³-hybridized carbons (Fsp3) is 0.643. The molecule has 7 nitrogen and oxygen atoms in total. The zero-order valence-electron chi connectivity index (χ0n) is 12.2. The van der Waals surface area contributed by atoms with Gasteiger partial charge in [0.1, 0.15) is 5.82 Å². The smallest absolute Gasteiger partial charge is 0.229 e. The van der Waals surface area contributed by atoms with Crippen LogP contribution in [0.5, 0.6) is 0 Å². The molecule has 2 aliphatic rings. The Morgan fingerprint density at radius 3 is 3.10 bits per heavy atom. The first-order valence-corrected chi connectivity index (χ1v) is 7.56. The molecule has 2 aromatic rings. The molecule has 4 rings (SSSR count). The summed E-state index contributed by atoms with van der Waals surface area (Å²) in [4.78, 5) is 11.4. The molecule has 7 heteroatoms. The molecule has 1 atom stereocenters. The van der Waals surface area contributed by atoms with E-state index < -0.39 is 0 Å². The Kier molecular flexibility index (Phi) is 3.23. The molecule has 1 saturated heterocycles. The maximum atomic E-state index is 5.36. The molecular formula is C14H20N6O. The molecule has 3 heterocycles. The van der Waals surface area contributed by atoms with Crippen LogP contribution in [0.4, 0.5) is 0 Å². The molecule has 1 aliphatic heterocycles. The number of rotatable bonds is 4. The zero-order chi connectivity index (χ0) is 14.2. The minimum Gasteiger partial charge on any atom is -0.339 e. The van der Waals surface area contributed by atoms with Crippen LogP contribution in [0.25, 0.3) is 0 Å². The van der Waals surface area contributed by atoms with Crippen molar-refractivity contribution in [3.63, 3.8) is 0 Å². The quantitative estimate of drug-likeness (QED) is 0.898. The summed E-state index contributed by atoms with van der Waals surface area (Å²) in [6.45, 7) is 3.56. The predicted molar refractivity (Wildman–Crippen MR) is 75.5 cm³/mol. The van der Waals surface area contributed by atoms with Gasteiger partial charge in [-0.3, -0.25) is 4.90 Å². The largest absolute Gasteiger partial charge is 0.339 e. The molecule has 1 N–H and O–H groups in total. The molecular weight excluding hydrogens is 268 g/mol. The first-order valence-electron chi connectivity index (χ1n) is 7.56. The zero-order valence-corrected chi connectivity index (χ0v) is 12.2. The number of nitrogens with zero attached hydrogens (tertiary/aromatic N) is 5. The minimum absolute atomic E-state index is 0.252. The van der Waals surface area contributed by atoms with Gasteiger partial charge in [-0.1, -0.05) is 5.16 Å². The summed E-state index contributed by atoms with van der Waals surface area (Å²) in [5.41, 5.74) is 0. The van der Waals surface area contributed by atoms with Crippen LogP contribution in [0.3, 0.4) is 0 Å². The Labute approximate surface area is 123 Å². The molecule has 2 fully saturated rings. The number of aryl methyl sites for hydroxylation is 1. The molecule has 2 aromatic heterocycles. The fourth-order valence-corrected chi connectivity index (χ4v) is 2.90. The third kappa shape index (κ3) is 2.58. The second-order valence-corrected chi connectivity index (χ2v) is 5.91. The van der Waals surface area contributed by atoms with Crippen molar-refractivity contribution in [3.8, 4) is 0 Å². The Morgan fingerprint density at radius 1 is 1.43 bits per heavy atom. The normalized spacial score (nSPS) is 23.6. The number of nitrogens with one attached hydrogen (secondary N) is 1. The number of piperazine rings is 1. The summed E-state index contributed by atoms with van der Waals surface area (Å²) in [5.74, 6) is 3.19. The summed E-state index contributed by atoms with van der Waals surface area (Å²) >= 11 is 0. The van der Waals surface area contributed by atoms with Gasteiger partial charge in [-0.05, 0) is 12.8 Å².